The SMILES string of the molecule is O=C(O)C1(c2cccc(Br)c2)CC(F)C1. The number of carbonyl (C=O) groups is 1. The van der Waals surface area contributed by atoms with Crippen LogP contribution in [0.15, 0.2) is 28.7 Å². The number of hydrogen-bond donors (Lipinski definition) is 1. The molecule has 1 saturated carbocycles. The molecule has 0 saturated heterocycles. The van der Waals surface area contributed by atoms with Crippen LogP contribution in [0.5, 0.6) is 0 Å². The largest absolute Gasteiger partial charge is 0.481 e. The zero-order chi connectivity index (χ0) is 11.1. The fraction of sp³-hybridized carbons (Fsp3) is 0.364. The highest BCUT2D eigenvalue weighted by Crippen LogP contribution is 2.46. The molecule has 0 radical (unpaired) electrons. The highest BCUT2D eigenvalue weighted by atomic mass is 79.9. The summed E-state index contributed by atoms with van der Waals surface area (Å²) in [5, 5.41) is 9.16. The van der Waals surface area contributed by atoms with Crippen LogP contribution in [-0.4, -0.2) is 17.2 Å². The number of aliphatic carboxylic acids is 1. The maximum absolute atomic E-state index is 12.9. The summed E-state index contributed by atoms with van der Waals surface area (Å²) in [4.78, 5) is 11.2. The summed E-state index contributed by atoms with van der Waals surface area (Å²) in [6, 6.07) is 7.09. The van der Waals surface area contributed by atoms with Gasteiger partial charge in [-0.15, -0.1) is 0 Å². The summed E-state index contributed by atoms with van der Waals surface area (Å²) in [6.07, 6.45) is -0.822. The van der Waals surface area contributed by atoms with Gasteiger partial charge in [0.15, 0.2) is 0 Å². The minimum absolute atomic E-state index is 0.0821. The Morgan fingerprint density at radius 3 is 2.67 bits per heavy atom. The first-order chi connectivity index (χ1) is 7.04. The van der Waals surface area contributed by atoms with E-state index in [4.69, 9.17) is 5.11 Å². The predicted octanol–water partition coefficient (Wildman–Crippen LogP) is 2.90. The van der Waals surface area contributed by atoms with Crippen molar-refractivity contribution in [2.45, 2.75) is 24.4 Å². The molecule has 15 heavy (non-hydrogen) atoms. The summed E-state index contributed by atoms with van der Waals surface area (Å²) in [7, 11) is 0. The smallest absolute Gasteiger partial charge is 0.314 e. The third kappa shape index (κ3) is 1.67. The molecule has 0 bridgehead atoms. The van der Waals surface area contributed by atoms with E-state index in [2.05, 4.69) is 15.9 Å². The standard InChI is InChI=1S/C11H10BrFO2/c12-8-3-1-2-7(4-8)11(10(14)15)5-9(13)6-11/h1-4,9H,5-6H2,(H,14,15). The molecule has 1 fully saturated rings. The second-order valence-corrected chi connectivity index (χ2v) is 4.82. The number of carboxylic acid groups (broad SMARTS) is 1. The average molecular weight is 273 g/mol. The Kier molecular flexibility index (Phi) is 2.54. The van der Waals surface area contributed by atoms with Gasteiger partial charge in [-0.1, -0.05) is 28.1 Å². The van der Waals surface area contributed by atoms with Crippen LogP contribution < -0.4 is 0 Å². The fourth-order valence-corrected chi connectivity index (χ4v) is 2.42. The lowest BCUT2D eigenvalue weighted by molar-refractivity contribution is -0.150. The van der Waals surface area contributed by atoms with Crippen molar-refractivity contribution in [3.8, 4) is 0 Å². The molecular formula is C11H10BrFO2. The van der Waals surface area contributed by atoms with E-state index in [9.17, 15) is 9.18 Å². The summed E-state index contributed by atoms with van der Waals surface area (Å²) in [5.74, 6) is -0.936. The van der Waals surface area contributed by atoms with E-state index >= 15 is 0 Å². The Morgan fingerprint density at radius 2 is 2.20 bits per heavy atom. The lowest BCUT2D eigenvalue weighted by Gasteiger charge is -2.40. The van der Waals surface area contributed by atoms with Gasteiger partial charge >= 0.3 is 5.97 Å². The molecule has 1 N–H and O–H groups in total. The van der Waals surface area contributed by atoms with E-state index in [-0.39, 0.29) is 12.8 Å². The molecule has 0 aromatic heterocycles. The highest BCUT2D eigenvalue weighted by Gasteiger charge is 2.52. The first kappa shape index (κ1) is 10.6. The topological polar surface area (TPSA) is 37.3 Å². The van der Waals surface area contributed by atoms with E-state index in [0.29, 0.717) is 5.56 Å². The first-order valence-electron chi connectivity index (χ1n) is 4.68. The van der Waals surface area contributed by atoms with E-state index in [1.54, 1.807) is 18.2 Å². The number of rotatable bonds is 2. The van der Waals surface area contributed by atoms with Crippen LogP contribution in [0.1, 0.15) is 18.4 Å². The van der Waals surface area contributed by atoms with Crippen LogP contribution in [0.4, 0.5) is 4.39 Å². The summed E-state index contributed by atoms with van der Waals surface area (Å²) < 4.78 is 13.7. The van der Waals surface area contributed by atoms with Crippen LogP contribution >= 0.6 is 15.9 Å². The zero-order valence-electron chi connectivity index (χ0n) is 7.91. The number of alkyl halides is 1. The maximum Gasteiger partial charge on any atom is 0.314 e. The van der Waals surface area contributed by atoms with Gasteiger partial charge in [0, 0.05) is 4.47 Å². The molecule has 4 heteroatoms. The van der Waals surface area contributed by atoms with Gasteiger partial charge in [-0.25, -0.2) is 4.39 Å². The Labute approximate surface area is 95.2 Å². The van der Waals surface area contributed by atoms with Crippen LogP contribution in [0.25, 0.3) is 0 Å². The fourth-order valence-electron chi connectivity index (χ4n) is 2.02. The minimum Gasteiger partial charge on any atom is -0.481 e. The zero-order valence-corrected chi connectivity index (χ0v) is 9.50. The number of benzene rings is 1. The third-order valence-electron chi connectivity index (χ3n) is 2.93. The second kappa shape index (κ2) is 3.59. The molecule has 0 aliphatic heterocycles. The Hall–Kier alpha value is -0.900. The van der Waals surface area contributed by atoms with E-state index in [1.807, 2.05) is 6.07 Å². The van der Waals surface area contributed by atoms with Crippen molar-refractivity contribution < 1.29 is 14.3 Å². The van der Waals surface area contributed by atoms with Gasteiger partial charge in [0.2, 0.25) is 0 Å². The third-order valence-corrected chi connectivity index (χ3v) is 3.42. The summed E-state index contributed by atoms with van der Waals surface area (Å²) >= 11 is 3.29. The monoisotopic (exact) mass is 272 g/mol. The molecule has 0 amide bonds. The molecule has 0 unspecified atom stereocenters. The Balaban J connectivity index is 2.39. The number of hydrogen-bond acceptors (Lipinski definition) is 1. The van der Waals surface area contributed by atoms with Crippen molar-refractivity contribution in [2.75, 3.05) is 0 Å². The van der Waals surface area contributed by atoms with Gasteiger partial charge in [0.25, 0.3) is 0 Å². The van der Waals surface area contributed by atoms with Crippen LogP contribution in [0, 0.1) is 0 Å². The van der Waals surface area contributed by atoms with Crippen molar-refractivity contribution in [2.24, 2.45) is 0 Å². The predicted molar refractivity (Wildman–Crippen MR) is 57.6 cm³/mol. The van der Waals surface area contributed by atoms with Crippen molar-refractivity contribution in [3.05, 3.63) is 34.3 Å². The van der Waals surface area contributed by atoms with Gasteiger partial charge in [0.05, 0.1) is 5.41 Å². The van der Waals surface area contributed by atoms with Crippen LogP contribution in [0.2, 0.25) is 0 Å². The Bertz CT molecular complexity index is 399. The van der Waals surface area contributed by atoms with Gasteiger partial charge in [-0.05, 0) is 30.5 Å². The van der Waals surface area contributed by atoms with Crippen molar-refractivity contribution in [1.82, 2.24) is 0 Å². The molecule has 1 aliphatic rings. The molecule has 1 aliphatic carbocycles. The van der Waals surface area contributed by atoms with E-state index < -0.39 is 17.6 Å². The summed E-state index contributed by atoms with van der Waals surface area (Å²) in [6.45, 7) is 0. The number of halogens is 2. The first-order valence-corrected chi connectivity index (χ1v) is 5.47. The van der Waals surface area contributed by atoms with Gasteiger partial charge in [0.1, 0.15) is 6.17 Å². The Morgan fingerprint density at radius 1 is 1.53 bits per heavy atom. The molecule has 2 nitrogen and oxygen atoms in total. The molecule has 0 atom stereocenters. The van der Waals surface area contributed by atoms with Gasteiger partial charge < -0.3 is 5.11 Å². The molecule has 0 heterocycles. The highest BCUT2D eigenvalue weighted by molar-refractivity contribution is 9.10. The molecular weight excluding hydrogens is 263 g/mol. The molecule has 1 aromatic carbocycles. The lowest BCUT2D eigenvalue weighted by Crippen LogP contribution is -2.49. The molecule has 2 rings (SSSR count). The van der Waals surface area contributed by atoms with Gasteiger partial charge in [-0.3, -0.25) is 4.79 Å². The van der Waals surface area contributed by atoms with Crippen molar-refractivity contribution >= 4 is 21.9 Å². The molecule has 80 valence electrons. The lowest BCUT2D eigenvalue weighted by atomic mass is 9.63. The van der Waals surface area contributed by atoms with Crippen molar-refractivity contribution in [1.29, 1.82) is 0 Å². The average Bonchev–Trinajstić information content (AvgIpc) is 2.12. The number of carboxylic acids is 1. The van der Waals surface area contributed by atoms with E-state index in [0.717, 1.165) is 4.47 Å². The van der Waals surface area contributed by atoms with Crippen molar-refractivity contribution in [3.63, 3.8) is 0 Å². The second-order valence-electron chi connectivity index (χ2n) is 3.90. The van der Waals surface area contributed by atoms with Crippen LogP contribution in [-0.2, 0) is 10.2 Å². The van der Waals surface area contributed by atoms with Gasteiger partial charge in [-0.2, -0.15) is 0 Å². The minimum atomic E-state index is -1.01. The molecule has 0 spiro atoms. The normalized spacial score (nSPS) is 29.6. The maximum atomic E-state index is 12.9. The summed E-state index contributed by atoms with van der Waals surface area (Å²) in [5.41, 5.74) is -0.332. The van der Waals surface area contributed by atoms with Crippen LogP contribution in [0.3, 0.4) is 0 Å². The van der Waals surface area contributed by atoms with E-state index in [1.165, 1.54) is 0 Å². The molecule has 1 aromatic rings. The quantitative estimate of drug-likeness (QED) is 0.899.